The Morgan fingerprint density at radius 1 is 1.33 bits per heavy atom. The molecule has 154 valence electrons. The molecule has 0 aromatic heterocycles. The van der Waals surface area contributed by atoms with Gasteiger partial charge in [0.15, 0.2) is 6.61 Å². The Morgan fingerprint density at radius 3 is 2.81 bits per heavy atom. The van der Waals surface area contributed by atoms with E-state index in [2.05, 4.69) is 10.2 Å². The summed E-state index contributed by atoms with van der Waals surface area (Å²) in [6, 6.07) is 6.95. The Bertz CT molecular complexity index is 587. The summed E-state index contributed by atoms with van der Waals surface area (Å²) in [6.07, 6.45) is -0.894. The summed E-state index contributed by atoms with van der Waals surface area (Å²) in [5.74, 6) is 0.158. The highest BCUT2D eigenvalue weighted by Gasteiger charge is 2.28. The molecule has 1 amide bonds. The number of benzene rings is 1. The highest BCUT2D eigenvalue weighted by molar-refractivity contribution is 5.85. The lowest BCUT2D eigenvalue weighted by Gasteiger charge is -2.36. The maximum Gasteiger partial charge on any atom is 0.422 e. The van der Waals surface area contributed by atoms with Crippen LogP contribution in [0.25, 0.3) is 0 Å². The fraction of sp³-hybridized carbons (Fsp3) is 0.611. The maximum atomic E-state index is 12.3. The zero-order valence-electron chi connectivity index (χ0n) is 15.1. The molecule has 2 rings (SSSR count). The highest BCUT2D eigenvalue weighted by Crippen LogP contribution is 2.23. The van der Waals surface area contributed by atoms with Gasteiger partial charge in [-0.25, -0.2) is 0 Å². The molecule has 1 aromatic rings. The minimum Gasteiger partial charge on any atom is -0.484 e. The number of carbonyl (C=O) groups excluding carboxylic acids is 1. The molecule has 1 unspecified atom stereocenters. The van der Waals surface area contributed by atoms with Gasteiger partial charge in [0.25, 0.3) is 0 Å². The number of nitrogens with one attached hydrogen (secondary N) is 1. The van der Waals surface area contributed by atoms with Gasteiger partial charge >= 0.3 is 6.18 Å². The van der Waals surface area contributed by atoms with Crippen LogP contribution in [0.2, 0.25) is 0 Å². The monoisotopic (exact) mass is 409 g/mol. The van der Waals surface area contributed by atoms with Crippen LogP contribution in [-0.4, -0.2) is 49.3 Å². The zero-order valence-corrected chi connectivity index (χ0v) is 16.0. The molecule has 1 saturated heterocycles. The van der Waals surface area contributed by atoms with E-state index in [1.54, 1.807) is 12.1 Å². The van der Waals surface area contributed by atoms with Crippen LogP contribution in [0.1, 0.15) is 31.2 Å². The van der Waals surface area contributed by atoms with Gasteiger partial charge in [0.05, 0.1) is 0 Å². The molecule has 0 aliphatic carbocycles. The first kappa shape index (κ1) is 23.5. The van der Waals surface area contributed by atoms with Crippen molar-refractivity contribution in [2.75, 3.05) is 26.2 Å². The fourth-order valence-corrected chi connectivity index (χ4v) is 3.08. The Morgan fingerprint density at radius 2 is 2.11 bits per heavy atom. The van der Waals surface area contributed by atoms with E-state index in [9.17, 15) is 18.0 Å². The van der Waals surface area contributed by atoms with Crippen molar-refractivity contribution in [3.05, 3.63) is 29.8 Å². The van der Waals surface area contributed by atoms with E-state index in [0.29, 0.717) is 26.1 Å². The normalized spacial score (nSPS) is 17.9. The average molecular weight is 410 g/mol. The molecule has 1 aromatic carbocycles. The van der Waals surface area contributed by atoms with Crippen LogP contribution in [0.15, 0.2) is 24.3 Å². The first-order valence-corrected chi connectivity index (χ1v) is 8.86. The number of likely N-dealkylation sites (tertiary alicyclic amines) is 1. The predicted molar refractivity (Wildman–Crippen MR) is 100.0 cm³/mol. The lowest BCUT2D eigenvalue weighted by Crippen LogP contribution is -2.46. The Balaban J connectivity index is 0.00000364. The molecule has 1 fully saturated rings. The van der Waals surface area contributed by atoms with Gasteiger partial charge in [-0.1, -0.05) is 18.6 Å². The quantitative estimate of drug-likeness (QED) is 0.692. The summed E-state index contributed by atoms with van der Waals surface area (Å²) < 4.78 is 41.7. The highest BCUT2D eigenvalue weighted by atomic mass is 35.5. The fourth-order valence-electron chi connectivity index (χ4n) is 3.08. The van der Waals surface area contributed by atoms with Crippen LogP contribution in [-0.2, 0) is 11.3 Å². The molecule has 9 heteroatoms. The molecular weight excluding hydrogens is 383 g/mol. The molecule has 0 saturated carbocycles. The van der Waals surface area contributed by atoms with Crippen LogP contribution in [0.3, 0.4) is 0 Å². The predicted octanol–water partition coefficient (Wildman–Crippen LogP) is 2.87. The molecule has 1 aliphatic heterocycles. The number of halogens is 4. The van der Waals surface area contributed by atoms with Crippen LogP contribution < -0.4 is 15.8 Å². The van der Waals surface area contributed by atoms with Crippen LogP contribution in [0, 0.1) is 0 Å². The summed E-state index contributed by atoms with van der Waals surface area (Å²) in [7, 11) is 0. The van der Waals surface area contributed by atoms with Crippen molar-refractivity contribution in [1.82, 2.24) is 10.2 Å². The van der Waals surface area contributed by atoms with Gasteiger partial charge in [-0.05, 0) is 37.1 Å². The van der Waals surface area contributed by atoms with Crippen molar-refractivity contribution in [3.8, 4) is 5.75 Å². The van der Waals surface area contributed by atoms with E-state index in [0.717, 1.165) is 31.4 Å². The third-order valence-electron chi connectivity index (χ3n) is 4.34. The van der Waals surface area contributed by atoms with Gasteiger partial charge < -0.3 is 15.8 Å². The van der Waals surface area contributed by atoms with Gasteiger partial charge in [-0.15, -0.1) is 12.4 Å². The zero-order chi connectivity index (χ0) is 19.0. The number of piperidine rings is 1. The van der Waals surface area contributed by atoms with E-state index in [1.807, 2.05) is 6.07 Å². The molecular formula is C18H27ClF3N3O2. The largest absolute Gasteiger partial charge is 0.484 e. The van der Waals surface area contributed by atoms with Crippen molar-refractivity contribution < 1.29 is 22.7 Å². The lowest BCUT2D eigenvalue weighted by molar-refractivity contribution is -0.153. The second kappa shape index (κ2) is 11.4. The third-order valence-corrected chi connectivity index (χ3v) is 4.34. The molecule has 0 spiro atoms. The number of ether oxygens (including phenoxy) is 1. The van der Waals surface area contributed by atoms with Crippen LogP contribution >= 0.6 is 12.4 Å². The van der Waals surface area contributed by atoms with E-state index >= 15 is 0 Å². The first-order chi connectivity index (χ1) is 12.4. The first-order valence-electron chi connectivity index (χ1n) is 8.86. The van der Waals surface area contributed by atoms with Crippen molar-refractivity contribution in [3.63, 3.8) is 0 Å². The molecule has 27 heavy (non-hydrogen) atoms. The van der Waals surface area contributed by atoms with Crippen LogP contribution in [0.5, 0.6) is 5.75 Å². The van der Waals surface area contributed by atoms with Gasteiger partial charge in [-0.3, -0.25) is 9.69 Å². The van der Waals surface area contributed by atoms with E-state index < -0.39 is 12.8 Å². The Kier molecular flexibility index (Phi) is 9.90. The van der Waals surface area contributed by atoms with Gasteiger partial charge in [0, 0.05) is 32.1 Å². The minimum absolute atomic E-state index is 0. The van der Waals surface area contributed by atoms with E-state index in [-0.39, 0.29) is 30.1 Å². The lowest BCUT2D eigenvalue weighted by atomic mass is 10.0. The molecule has 1 aliphatic rings. The SMILES string of the molecule is Cl.NCCC(=O)NCC1CCCCN1Cc1cccc(OCC(F)(F)F)c1. The number of nitrogens with zero attached hydrogens (tertiary/aromatic N) is 1. The van der Waals surface area contributed by atoms with Crippen molar-refractivity contribution in [2.45, 2.75) is 44.4 Å². The number of hydrogen-bond donors (Lipinski definition) is 2. The third kappa shape index (κ3) is 8.81. The molecule has 1 atom stereocenters. The number of nitrogens with two attached hydrogens (primary N) is 1. The standard InChI is InChI=1S/C18H26F3N3O2.ClH/c19-18(20,21)13-26-16-6-3-4-14(10-16)12-24-9-2-1-5-15(24)11-23-17(25)7-8-22;/h3-4,6,10,15H,1-2,5,7-9,11-13,22H2,(H,23,25);1H. The molecule has 1 heterocycles. The number of amides is 1. The number of rotatable bonds is 8. The Hall–Kier alpha value is -1.51. The molecule has 0 radical (unpaired) electrons. The Labute approximate surface area is 163 Å². The van der Waals surface area contributed by atoms with Crippen molar-refractivity contribution in [2.24, 2.45) is 5.73 Å². The molecule has 5 nitrogen and oxygen atoms in total. The van der Waals surface area contributed by atoms with Crippen molar-refractivity contribution in [1.29, 1.82) is 0 Å². The summed E-state index contributed by atoms with van der Waals surface area (Å²) in [5, 5.41) is 2.91. The second-order valence-corrected chi connectivity index (χ2v) is 6.51. The minimum atomic E-state index is -4.35. The molecule has 0 bridgehead atoms. The second-order valence-electron chi connectivity index (χ2n) is 6.51. The number of carbonyl (C=O) groups is 1. The number of alkyl halides is 3. The van der Waals surface area contributed by atoms with Gasteiger partial charge in [0.1, 0.15) is 5.75 Å². The summed E-state index contributed by atoms with van der Waals surface area (Å²) in [6.45, 7) is 1.09. The van der Waals surface area contributed by atoms with Crippen molar-refractivity contribution >= 4 is 18.3 Å². The van der Waals surface area contributed by atoms with Crippen LogP contribution in [0.4, 0.5) is 13.2 Å². The van der Waals surface area contributed by atoms with E-state index in [4.69, 9.17) is 10.5 Å². The van der Waals surface area contributed by atoms with E-state index in [1.165, 1.54) is 6.07 Å². The van der Waals surface area contributed by atoms with Gasteiger partial charge in [-0.2, -0.15) is 13.2 Å². The molecule has 3 N–H and O–H groups in total. The summed E-state index contributed by atoms with van der Waals surface area (Å²) >= 11 is 0. The van der Waals surface area contributed by atoms with Gasteiger partial charge in [0.2, 0.25) is 5.91 Å². The smallest absolute Gasteiger partial charge is 0.422 e. The maximum absolute atomic E-state index is 12.3. The topological polar surface area (TPSA) is 67.6 Å². The summed E-state index contributed by atoms with van der Waals surface area (Å²) in [4.78, 5) is 13.9. The number of hydrogen-bond acceptors (Lipinski definition) is 4. The average Bonchev–Trinajstić information content (AvgIpc) is 2.59. The summed E-state index contributed by atoms with van der Waals surface area (Å²) in [5.41, 5.74) is 6.27.